The molecule has 7 nitrogen and oxygen atoms in total. The fourth-order valence-electron chi connectivity index (χ4n) is 4.49. The summed E-state index contributed by atoms with van der Waals surface area (Å²) >= 11 is 0. The van der Waals surface area contributed by atoms with Crippen LogP contribution in [-0.4, -0.2) is 38.2 Å². The van der Waals surface area contributed by atoms with Crippen molar-refractivity contribution in [2.75, 3.05) is 6.54 Å². The summed E-state index contributed by atoms with van der Waals surface area (Å²) in [5.74, 6) is 1.41. The number of ether oxygens (including phenoxy) is 1. The number of hydrogen-bond acceptors (Lipinski definition) is 5. The molecule has 0 saturated carbocycles. The van der Waals surface area contributed by atoms with Crippen LogP contribution in [0.25, 0.3) is 22.2 Å². The van der Waals surface area contributed by atoms with Crippen LogP contribution in [0.1, 0.15) is 18.4 Å². The number of rotatable bonds is 6. The number of benzene rings is 2. The summed E-state index contributed by atoms with van der Waals surface area (Å²) in [4.78, 5) is 18.4. The summed E-state index contributed by atoms with van der Waals surface area (Å²) in [6, 6.07) is 19.6. The number of aromatic nitrogens is 3. The first-order valence-corrected chi connectivity index (χ1v) is 11.2. The summed E-state index contributed by atoms with van der Waals surface area (Å²) in [5, 5.41) is 15.4. The van der Waals surface area contributed by atoms with Crippen molar-refractivity contribution in [2.24, 2.45) is 0 Å². The third-order valence-electron chi connectivity index (χ3n) is 6.10. The number of nitrogens with zero attached hydrogens (tertiary/aromatic N) is 5. The summed E-state index contributed by atoms with van der Waals surface area (Å²) in [7, 11) is 0. The van der Waals surface area contributed by atoms with Crippen LogP contribution >= 0.6 is 0 Å². The lowest BCUT2D eigenvalue weighted by Gasteiger charge is -2.23. The fourth-order valence-corrected chi connectivity index (χ4v) is 4.49. The third kappa shape index (κ3) is 4.02. The number of amides is 1. The third-order valence-corrected chi connectivity index (χ3v) is 6.10. The second-order valence-electron chi connectivity index (χ2n) is 8.20. The van der Waals surface area contributed by atoms with Crippen molar-refractivity contribution in [1.82, 2.24) is 19.7 Å². The van der Waals surface area contributed by atoms with Crippen molar-refractivity contribution in [1.29, 1.82) is 5.26 Å². The lowest BCUT2D eigenvalue weighted by atomic mass is 10.1. The Bertz CT molecular complexity index is 1390. The van der Waals surface area contributed by atoms with Crippen molar-refractivity contribution < 1.29 is 9.53 Å². The van der Waals surface area contributed by atoms with E-state index in [0.29, 0.717) is 18.7 Å². The first kappa shape index (κ1) is 21.4. The molecule has 4 aromatic rings. The highest BCUT2D eigenvalue weighted by Crippen LogP contribution is 2.32. The number of pyridine rings is 1. The van der Waals surface area contributed by atoms with Gasteiger partial charge in [0.1, 0.15) is 23.3 Å². The average Bonchev–Trinajstić information content (AvgIpc) is 3.50. The first-order chi connectivity index (χ1) is 16.7. The maximum absolute atomic E-state index is 12.3. The Hall–Kier alpha value is -4.44. The highest BCUT2D eigenvalue weighted by molar-refractivity contribution is 5.95. The number of hydrogen-bond donors (Lipinski definition) is 0. The number of carbonyl (C=O) groups excluding carboxylic acids is 1. The molecule has 0 bridgehead atoms. The average molecular weight is 450 g/mol. The van der Waals surface area contributed by atoms with Crippen LogP contribution in [0.3, 0.4) is 0 Å². The molecular formula is C27H23N5O2. The van der Waals surface area contributed by atoms with Gasteiger partial charge in [0.25, 0.3) is 0 Å². The van der Waals surface area contributed by atoms with Gasteiger partial charge in [0, 0.05) is 29.9 Å². The molecule has 1 aliphatic heterocycles. The van der Waals surface area contributed by atoms with Gasteiger partial charge in [-0.05, 0) is 55.3 Å². The first-order valence-electron chi connectivity index (χ1n) is 11.2. The SMILES string of the molecule is C=CC(=O)N1CCC[C@@H]1Cn1nc(-c2ccc(Oc3ccccc3)cc2)c2cncc(C#N)c21. The second kappa shape index (κ2) is 9.20. The molecule has 34 heavy (non-hydrogen) atoms. The number of likely N-dealkylation sites (tertiary alicyclic amines) is 1. The summed E-state index contributed by atoms with van der Waals surface area (Å²) in [6.45, 7) is 4.84. The Balaban J connectivity index is 1.50. The molecule has 0 aliphatic carbocycles. The fraction of sp³-hybridized carbons (Fsp3) is 0.185. The Morgan fingerprint density at radius 1 is 1.15 bits per heavy atom. The van der Waals surface area contributed by atoms with E-state index in [1.807, 2.05) is 64.2 Å². The molecule has 1 saturated heterocycles. The monoisotopic (exact) mass is 449 g/mol. The van der Waals surface area contributed by atoms with Crippen LogP contribution in [-0.2, 0) is 11.3 Å². The Kier molecular flexibility index (Phi) is 5.79. The minimum absolute atomic E-state index is 0.00260. The van der Waals surface area contributed by atoms with E-state index in [0.717, 1.165) is 46.5 Å². The molecule has 0 radical (unpaired) electrons. The highest BCUT2D eigenvalue weighted by Gasteiger charge is 2.29. The molecule has 1 fully saturated rings. The quantitative estimate of drug-likeness (QED) is 0.389. The summed E-state index contributed by atoms with van der Waals surface area (Å²) in [5.41, 5.74) is 2.83. The largest absolute Gasteiger partial charge is 0.457 e. The van der Waals surface area contributed by atoms with Crippen molar-refractivity contribution >= 4 is 16.8 Å². The van der Waals surface area contributed by atoms with Crippen LogP contribution in [0.15, 0.2) is 79.6 Å². The summed E-state index contributed by atoms with van der Waals surface area (Å²) in [6.07, 6.45) is 6.47. The number of fused-ring (bicyclic) bond motifs is 1. The van der Waals surface area contributed by atoms with Gasteiger partial charge in [0.15, 0.2) is 0 Å². The van der Waals surface area contributed by atoms with E-state index in [2.05, 4.69) is 17.6 Å². The van der Waals surface area contributed by atoms with E-state index in [1.165, 1.54) is 6.08 Å². The van der Waals surface area contributed by atoms with E-state index in [-0.39, 0.29) is 11.9 Å². The lowest BCUT2D eigenvalue weighted by molar-refractivity contribution is -0.127. The Morgan fingerprint density at radius 3 is 2.65 bits per heavy atom. The van der Waals surface area contributed by atoms with Gasteiger partial charge >= 0.3 is 0 Å². The van der Waals surface area contributed by atoms with Crippen molar-refractivity contribution in [3.63, 3.8) is 0 Å². The van der Waals surface area contributed by atoms with Gasteiger partial charge in [-0.15, -0.1) is 0 Å². The molecule has 7 heteroatoms. The Morgan fingerprint density at radius 2 is 1.91 bits per heavy atom. The molecule has 3 heterocycles. The molecule has 1 amide bonds. The lowest BCUT2D eigenvalue weighted by Crippen LogP contribution is -2.37. The summed E-state index contributed by atoms with van der Waals surface area (Å²) < 4.78 is 7.75. The number of carbonyl (C=O) groups is 1. The van der Waals surface area contributed by atoms with E-state index in [4.69, 9.17) is 9.84 Å². The zero-order valence-corrected chi connectivity index (χ0v) is 18.6. The van der Waals surface area contributed by atoms with Gasteiger partial charge in [-0.2, -0.15) is 10.4 Å². The van der Waals surface area contributed by atoms with Gasteiger partial charge in [-0.25, -0.2) is 0 Å². The molecule has 2 aromatic carbocycles. The van der Waals surface area contributed by atoms with E-state index >= 15 is 0 Å². The van der Waals surface area contributed by atoms with E-state index in [9.17, 15) is 10.1 Å². The maximum Gasteiger partial charge on any atom is 0.246 e. The van der Waals surface area contributed by atoms with Crippen molar-refractivity contribution in [2.45, 2.75) is 25.4 Å². The molecule has 1 aliphatic rings. The molecule has 0 spiro atoms. The molecule has 5 rings (SSSR count). The van der Waals surface area contributed by atoms with E-state index < -0.39 is 0 Å². The van der Waals surface area contributed by atoms with Gasteiger partial charge < -0.3 is 9.64 Å². The zero-order chi connectivity index (χ0) is 23.5. The van der Waals surface area contributed by atoms with Crippen LogP contribution in [0, 0.1) is 11.3 Å². The standard InChI is InChI=1S/C27H23N5O2/c1-2-25(33)31-14-6-7-21(31)18-32-27-20(15-28)16-29-17-24(27)26(30-32)19-10-12-23(13-11-19)34-22-8-4-3-5-9-22/h2-5,8-13,16-17,21H,1,6-7,14,18H2/t21-/m1/s1. The predicted octanol–water partition coefficient (Wildman–Crippen LogP) is 4.94. The maximum atomic E-state index is 12.3. The minimum Gasteiger partial charge on any atom is -0.457 e. The van der Waals surface area contributed by atoms with Crippen LogP contribution in [0.4, 0.5) is 0 Å². The molecule has 168 valence electrons. The van der Waals surface area contributed by atoms with Crippen LogP contribution in [0.2, 0.25) is 0 Å². The van der Waals surface area contributed by atoms with E-state index in [1.54, 1.807) is 12.4 Å². The van der Waals surface area contributed by atoms with Crippen molar-refractivity contribution in [3.8, 4) is 28.8 Å². The van der Waals surface area contributed by atoms with Crippen LogP contribution in [0.5, 0.6) is 11.5 Å². The molecule has 0 N–H and O–H groups in total. The van der Waals surface area contributed by atoms with Gasteiger partial charge in [0.05, 0.1) is 23.7 Å². The minimum atomic E-state index is -0.0737. The zero-order valence-electron chi connectivity index (χ0n) is 18.6. The second-order valence-corrected chi connectivity index (χ2v) is 8.20. The Labute approximate surface area is 197 Å². The number of nitriles is 1. The number of para-hydroxylation sites is 1. The van der Waals surface area contributed by atoms with Gasteiger partial charge in [-0.1, -0.05) is 24.8 Å². The predicted molar refractivity (Wildman–Crippen MR) is 129 cm³/mol. The van der Waals surface area contributed by atoms with Gasteiger partial charge in [0.2, 0.25) is 5.91 Å². The van der Waals surface area contributed by atoms with Crippen molar-refractivity contribution in [3.05, 3.63) is 85.2 Å². The topological polar surface area (TPSA) is 84.0 Å². The van der Waals surface area contributed by atoms with Gasteiger partial charge in [-0.3, -0.25) is 14.5 Å². The highest BCUT2D eigenvalue weighted by atomic mass is 16.5. The normalized spacial score (nSPS) is 15.3. The smallest absolute Gasteiger partial charge is 0.246 e. The molecule has 2 aromatic heterocycles. The molecule has 1 atom stereocenters. The molecule has 0 unspecified atom stereocenters. The van der Waals surface area contributed by atoms with Crippen LogP contribution < -0.4 is 4.74 Å². The molecular weight excluding hydrogens is 426 g/mol.